The third-order valence-electron chi connectivity index (χ3n) is 6.13. The summed E-state index contributed by atoms with van der Waals surface area (Å²) in [5.41, 5.74) is 1.63. The molecule has 2 N–H and O–H groups in total. The fraction of sp³-hybridized carbons (Fsp3) is 0.100. The first-order chi connectivity index (χ1) is 19.9. The second kappa shape index (κ2) is 12.2. The highest BCUT2D eigenvalue weighted by atomic mass is 35.5. The van der Waals surface area contributed by atoms with Gasteiger partial charge in [0.15, 0.2) is 0 Å². The van der Waals surface area contributed by atoms with Crippen LogP contribution in [0.15, 0.2) is 105 Å². The molecule has 41 heavy (non-hydrogen) atoms. The molecule has 0 spiro atoms. The lowest BCUT2D eigenvalue weighted by molar-refractivity contribution is -0.138. The van der Waals surface area contributed by atoms with Gasteiger partial charge in [-0.3, -0.25) is 19.3 Å². The van der Waals surface area contributed by atoms with Crippen LogP contribution in [-0.2, 0) is 16.1 Å². The number of imide groups is 1. The molecule has 0 aliphatic carbocycles. The second-order valence-electron chi connectivity index (χ2n) is 8.76. The van der Waals surface area contributed by atoms with E-state index in [1.807, 2.05) is 0 Å². The summed E-state index contributed by atoms with van der Waals surface area (Å²) in [6, 6.07) is 22.0. The minimum atomic E-state index is -0.501. The van der Waals surface area contributed by atoms with Crippen molar-refractivity contribution in [1.29, 1.82) is 0 Å². The van der Waals surface area contributed by atoms with Crippen LogP contribution in [0.3, 0.4) is 0 Å². The van der Waals surface area contributed by atoms with Crippen molar-refractivity contribution in [1.82, 2.24) is 4.90 Å². The smallest absolute Gasteiger partial charge is 0.278 e. The molecule has 0 saturated heterocycles. The summed E-state index contributed by atoms with van der Waals surface area (Å²) >= 11 is 7.04. The lowest BCUT2D eigenvalue weighted by Crippen LogP contribution is -2.31. The first kappa shape index (κ1) is 27.9. The number of carbonyl (C=O) groups is 3. The maximum Gasteiger partial charge on any atom is 0.278 e. The summed E-state index contributed by atoms with van der Waals surface area (Å²) in [7, 11) is 3.04. The third kappa shape index (κ3) is 6.24. The Bertz CT molecular complexity index is 1620. The number of ether oxygens (including phenoxy) is 2. The van der Waals surface area contributed by atoms with E-state index < -0.39 is 11.8 Å². The quantitative estimate of drug-likeness (QED) is 0.211. The number of benzene rings is 3. The molecule has 0 saturated carbocycles. The van der Waals surface area contributed by atoms with E-state index in [0.29, 0.717) is 44.1 Å². The lowest BCUT2D eigenvalue weighted by atomic mass is 10.2. The number of hydrogen-bond donors (Lipinski definition) is 2. The molecule has 0 atom stereocenters. The van der Waals surface area contributed by atoms with Gasteiger partial charge in [-0.25, -0.2) is 0 Å². The van der Waals surface area contributed by atoms with Gasteiger partial charge in [-0.1, -0.05) is 23.4 Å². The summed E-state index contributed by atoms with van der Waals surface area (Å²) in [5.74, 6) is 0.235. The van der Waals surface area contributed by atoms with Crippen LogP contribution in [0.2, 0.25) is 5.02 Å². The molecule has 11 heteroatoms. The van der Waals surface area contributed by atoms with Crippen molar-refractivity contribution in [2.24, 2.45) is 0 Å². The van der Waals surface area contributed by atoms with Crippen molar-refractivity contribution in [3.05, 3.63) is 112 Å². The number of carbonyl (C=O) groups excluding carboxylic acids is 3. The number of hydrogen-bond acceptors (Lipinski definition) is 8. The van der Waals surface area contributed by atoms with Gasteiger partial charge in [0.05, 0.1) is 32.7 Å². The van der Waals surface area contributed by atoms with Crippen molar-refractivity contribution >= 4 is 52.5 Å². The minimum absolute atomic E-state index is 0.0185. The molecule has 0 fully saturated rings. The van der Waals surface area contributed by atoms with E-state index >= 15 is 0 Å². The molecule has 1 aromatic heterocycles. The van der Waals surface area contributed by atoms with Crippen molar-refractivity contribution in [3.8, 4) is 11.5 Å². The Labute approximate surface area is 245 Å². The number of rotatable bonds is 10. The van der Waals surface area contributed by atoms with E-state index in [4.69, 9.17) is 25.5 Å². The zero-order valence-corrected chi connectivity index (χ0v) is 23.5. The third-order valence-corrected chi connectivity index (χ3v) is 7.47. The lowest BCUT2D eigenvalue weighted by Gasteiger charge is -2.15. The van der Waals surface area contributed by atoms with Crippen LogP contribution in [0.5, 0.6) is 11.5 Å². The highest BCUT2D eigenvalue weighted by Gasteiger charge is 2.40. The van der Waals surface area contributed by atoms with Gasteiger partial charge in [-0.15, -0.1) is 0 Å². The Morgan fingerprint density at radius 1 is 0.951 bits per heavy atom. The Kier molecular flexibility index (Phi) is 8.32. The average molecular weight is 590 g/mol. The summed E-state index contributed by atoms with van der Waals surface area (Å²) < 4.78 is 16.1. The second-order valence-corrected chi connectivity index (χ2v) is 10.3. The molecule has 3 aromatic carbocycles. The van der Waals surface area contributed by atoms with Gasteiger partial charge < -0.3 is 24.5 Å². The zero-order chi connectivity index (χ0) is 28.9. The fourth-order valence-electron chi connectivity index (χ4n) is 4.03. The van der Waals surface area contributed by atoms with E-state index in [1.165, 1.54) is 13.4 Å². The molecule has 0 radical (unpaired) electrons. The molecule has 5 rings (SSSR count). The predicted molar refractivity (Wildman–Crippen MR) is 156 cm³/mol. The van der Waals surface area contributed by atoms with E-state index in [2.05, 4.69) is 10.6 Å². The molecule has 1 aliphatic rings. The Morgan fingerprint density at radius 3 is 2.37 bits per heavy atom. The van der Waals surface area contributed by atoms with Gasteiger partial charge in [-0.05, 0) is 72.8 Å². The van der Waals surface area contributed by atoms with Gasteiger partial charge in [-0.2, -0.15) is 0 Å². The first-order valence-corrected chi connectivity index (χ1v) is 13.5. The van der Waals surface area contributed by atoms with Crippen molar-refractivity contribution in [3.63, 3.8) is 0 Å². The van der Waals surface area contributed by atoms with Crippen LogP contribution < -0.4 is 20.1 Å². The average Bonchev–Trinajstić information content (AvgIpc) is 3.58. The van der Waals surface area contributed by atoms with Crippen LogP contribution in [0.25, 0.3) is 0 Å². The number of halogens is 1. The van der Waals surface area contributed by atoms with Crippen LogP contribution in [0.1, 0.15) is 16.1 Å². The predicted octanol–water partition coefficient (Wildman–Crippen LogP) is 6.19. The molecule has 3 amide bonds. The minimum Gasteiger partial charge on any atom is -0.497 e. The van der Waals surface area contributed by atoms with Crippen molar-refractivity contribution in [2.45, 2.75) is 11.4 Å². The normalized spacial score (nSPS) is 13.0. The Morgan fingerprint density at radius 2 is 1.71 bits per heavy atom. The Hall–Kier alpha value is -4.67. The molecule has 9 nitrogen and oxygen atoms in total. The largest absolute Gasteiger partial charge is 0.497 e. The number of nitrogens with zero attached hydrogens (tertiary/aromatic N) is 1. The fourth-order valence-corrected chi connectivity index (χ4v) is 5.10. The van der Waals surface area contributed by atoms with Gasteiger partial charge in [0.1, 0.15) is 27.9 Å². The van der Waals surface area contributed by atoms with Gasteiger partial charge >= 0.3 is 0 Å². The van der Waals surface area contributed by atoms with Crippen molar-refractivity contribution in [2.75, 3.05) is 24.9 Å². The number of furan rings is 1. The maximum atomic E-state index is 13.5. The van der Waals surface area contributed by atoms with E-state index in [1.54, 1.807) is 86.0 Å². The summed E-state index contributed by atoms with van der Waals surface area (Å²) in [6.45, 7) is -0.0185. The summed E-state index contributed by atoms with van der Waals surface area (Å²) in [4.78, 5) is 41.6. The summed E-state index contributed by atoms with van der Waals surface area (Å²) in [6.07, 6.45) is 1.48. The Balaban J connectivity index is 1.40. The molecule has 2 heterocycles. The van der Waals surface area contributed by atoms with E-state index in [-0.39, 0.29) is 23.1 Å². The molecule has 1 aliphatic heterocycles. The monoisotopic (exact) mass is 589 g/mol. The maximum absolute atomic E-state index is 13.5. The highest BCUT2D eigenvalue weighted by molar-refractivity contribution is 8.04. The molecular weight excluding hydrogens is 566 g/mol. The van der Waals surface area contributed by atoms with E-state index in [9.17, 15) is 14.4 Å². The topological polar surface area (TPSA) is 110 Å². The number of amides is 3. The SMILES string of the molecule is COc1ccc(NC2=C(Sc3ccc(NC(=O)c4ccc(Cl)cc4)cc3)C(=O)N(Cc3ccco3)C2=O)c(OC)c1. The van der Waals surface area contributed by atoms with Crippen molar-refractivity contribution < 1.29 is 28.3 Å². The highest BCUT2D eigenvalue weighted by Crippen LogP contribution is 2.39. The van der Waals surface area contributed by atoms with Gasteiger partial charge in [0.25, 0.3) is 17.7 Å². The molecular formula is C30H24ClN3O6S. The summed E-state index contributed by atoms with van der Waals surface area (Å²) in [5, 5.41) is 6.47. The molecule has 0 bridgehead atoms. The van der Waals surface area contributed by atoms with E-state index in [0.717, 1.165) is 16.7 Å². The molecule has 208 valence electrons. The van der Waals surface area contributed by atoms with Gasteiger partial charge in [0, 0.05) is 27.2 Å². The van der Waals surface area contributed by atoms with Crippen LogP contribution >= 0.6 is 23.4 Å². The first-order valence-electron chi connectivity index (χ1n) is 12.3. The van der Waals surface area contributed by atoms with Gasteiger partial charge in [0.2, 0.25) is 0 Å². The molecule has 4 aromatic rings. The van der Waals surface area contributed by atoms with Crippen LogP contribution in [0, 0.1) is 0 Å². The number of thioether (sulfide) groups is 1. The van der Waals surface area contributed by atoms with Crippen LogP contribution in [-0.4, -0.2) is 36.8 Å². The van der Waals surface area contributed by atoms with Crippen LogP contribution in [0.4, 0.5) is 11.4 Å². The molecule has 0 unspecified atom stereocenters. The number of nitrogens with one attached hydrogen (secondary N) is 2. The number of methoxy groups -OCH3 is 2. The zero-order valence-electron chi connectivity index (χ0n) is 22.0. The number of anilines is 2. The standard InChI is InChI=1S/C30H24ClN3O6S/c1-38-21-11-14-24(25(16-21)39-2)33-26-27(30(37)34(29(26)36)17-22-4-3-15-40-22)41-23-12-9-20(10-13-23)32-28(35)18-5-7-19(31)8-6-18/h3-16,33H,17H2,1-2H3,(H,32,35).